The molecular formula is C26H23N3O3S. The topological polar surface area (TPSA) is 64.0 Å². The number of methoxy groups -OCH3 is 1. The van der Waals surface area contributed by atoms with Crippen LogP contribution < -0.4 is 14.5 Å². The minimum Gasteiger partial charge on any atom is -0.497 e. The average Bonchev–Trinajstić information content (AvgIpc) is 3.27. The Morgan fingerprint density at radius 1 is 1.03 bits per heavy atom. The van der Waals surface area contributed by atoms with Crippen molar-refractivity contribution in [2.24, 2.45) is 5.10 Å². The Hall–Kier alpha value is -3.97. The summed E-state index contributed by atoms with van der Waals surface area (Å²) in [4.78, 5) is 17.7. The lowest BCUT2D eigenvalue weighted by Crippen LogP contribution is -2.23. The molecule has 0 N–H and O–H groups in total. The molecule has 0 fully saturated rings. The van der Waals surface area contributed by atoms with Gasteiger partial charge in [-0.05, 0) is 66.6 Å². The molecule has 0 saturated carbocycles. The standard InChI is InChI=1S/C26H23N3O3S/c1-3-32-21-12-9-20(10-13-21)18-27-29(25(30)16-11-19-7-5-4-6-8-19)26-28-23-15-14-22(31-2)17-24(23)33-26/h4-18H,3H2,1-2H3/b16-11+,27-18+. The molecule has 4 aromatic rings. The van der Waals surface area contributed by atoms with Crippen LogP contribution >= 0.6 is 11.3 Å². The molecule has 0 radical (unpaired) electrons. The van der Waals surface area contributed by atoms with E-state index in [2.05, 4.69) is 10.1 Å². The molecule has 3 aromatic carbocycles. The number of ether oxygens (including phenoxy) is 2. The van der Waals surface area contributed by atoms with Crippen molar-refractivity contribution in [3.8, 4) is 11.5 Å². The van der Waals surface area contributed by atoms with Gasteiger partial charge in [0.25, 0.3) is 5.91 Å². The van der Waals surface area contributed by atoms with Gasteiger partial charge in [0.2, 0.25) is 5.13 Å². The Kier molecular flexibility index (Phi) is 7.12. The highest BCUT2D eigenvalue weighted by atomic mass is 32.1. The van der Waals surface area contributed by atoms with Gasteiger partial charge in [-0.25, -0.2) is 4.98 Å². The van der Waals surface area contributed by atoms with E-state index < -0.39 is 0 Å². The summed E-state index contributed by atoms with van der Waals surface area (Å²) in [5, 5.41) is 6.26. The predicted octanol–water partition coefficient (Wildman–Crippen LogP) is 5.78. The molecule has 0 spiro atoms. The van der Waals surface area contributed by atoms with Crippen LogP contribution in [0.2, 0.25) is 0 Å². The summed E-state index contributed by atoms with van der Waals surface area (Å²) in [6.45, 7) is 2.54. The quantitative estimate of drug-likeness (QED) is 0.191. The lowest BCUT2D eigenvalue weighted by atomic mass is 10.2. The third-order valence-electron chi connectivity index (χ3n) is 4.71. The molecule has 0 aliphatic rings. The van der Waals surface area contributed by atoms with Crippen LogP contribution in [-0.2, 0) is 4.79 Å². The number of carbonyl (C=O) groups excluding carboxylic acids is 1. The molecule has 0 saturated heterocycles. The number of hydrazone groups is 1. The van der Waals surface area contributed by atoms with E-state index in [-0.39, 0.29) is 5.91 Å². The summed E-state index contributed by atoms with van der Waals surface area (Å²) in [5.41, 5.74) is 2.54. The molecule has 6 nitrogen and oxygen atoms in total. The van der Waals surface area contributed by atoms with Gasteiger partial charge in [0.1, 0.15) is 11.5 Å². The van der Waals surface area contributed by atoms with Crippen LogP contribution in [0.4, 0.5) is 5.13 Å². The van der Waals surface area contributed by atoms with Crippen LogP contribution in [0.5, 0.6) is 11.5 Å². The molecule has 7 heteroatoms. The number of benzene rings is 3. The van der Waals surface area contributed by atoms with E-state index in [1.165, 1.54) is 22.4 Å². The molecule has 0 aliphatic carbocycles. The van der Waals surface area contributed by atoms with Crippen molar-refractivity contribution in [3.63, 3.8) is 0 Å². The number of hydrogen-bond donors (Lipinski definition) is 0. The first-order chi connectivity index (χ1) is 16.2. The average molecular weight is 458 g/mol. The van der Waals surface area contributed by atoms with Crippen LogP contribution in [0.1, 0.15) is 18.1 Å². The summed E-state index contributed by atoms with van der Waals surface area (Å²) in [6.07, 6.45) is 4.90. The number of rotatable bonds is 8. The van der Waals surface area contributed by atoms with Gasteiger partial charge in [0, 0.05) is 6.08 Å². The number of aromatic nitrogens is 1. The molecule has 33 heavy (non-hydrogen) atoms. The van der Waals surface area contributed by atoms with Crippen molar-refractivity contribution in [2.45, 2.75) is 6.92 Å². The third kappa shape index (κ3) is 5.64. The zero-order chi connectivity index (χ0) is 23.0. The van der Waals surface area contributed by atoms with E-state index in [0.717, 1.165) is 32.8 Å². The smallest absolute Gasteiger partial charge is 0.273 e. The molecule has 1 aromatic heterocycles. The van der Waals surface area contributed by atoms with E-state index in [1.807, 2.05) is 79.7 Å². The SMILES string of the molecule is CCOc1ccc(/C=N/N(C(=O)/C=C/c2ccccc2)c2nc3ccc(OC)cc3s2)cc1. The number of anilines is 1. The van der Waals surface area contributed by atoms with Crippen molar-refractivity contribution in [3.05, 3.63) is 90.0 Å². The summed E-state index contributed by atoms with van der Waals surface area (Å²) in [5.74, 6) is 1.22. The van der Waals surface area contributed by atoms with E-state index in [1.54, 1.807) is 19.4 Å². The number of hydrogen-bond acceptors (Lipinski definition) is 6. The fraction of sp³-hybridized carbons (Fsp3) is 0.115. The Morgan fingerprint density at radius 2 is 1.79 bits per heavy atom. The van der Waals surface area contributed by atoms with Crippen LogP contribution in [0, 0.1) is 0 Å². The van der Waals surface area contributed by atoms with Gasteiger partial charge >= 0.3 is 0 Å². The second-order valence-electron chi connectivity index (χ2n) is 6.97. The monoisotopic (exact) mass is 457 g/mol. The Balaban J connectivity index is 1.65. The first kappa shape index (κ1) is 22.2. The molecular weight excluding hydrogens is 434 g/mol. The van der Waals surface area contributed by atoms with Crippen molar-refractivity contribution in [1.82, 2.24) is 4.98 Å². The second kappa shape index (κ2) is 10.6. The van der Waals surface area contributed by atoms with Crippen LogP contribution in [-0.4, -0.2) is 30.8 Å². The van der Waals surface area contributed by atoms with E-state index in [9.17, 15) is 4.79 Å². The Bertz CT molecular complexity index is 1280. The zero-order valence-electron chi connectivity index (χ0n) is 18.3. The summed E-state index contributed by atoms with van der Waals surface area (Å²) < 4.78 is 11.7. The van der Waals surface area contributed by atoms with Gasteiger partial charge in [0.15, 0.2) is 0 Å². The number of nitrogens with zero attached hydrogens (tertiary/aromatic N) is 3. The summed E-state index contributed by atoms with van der Waals surface area (Å²) in [7, 11) is 1.62. The molecule has 166 valence electrons. The number of carbonyl (C=O) groups is 1. The van der Waals surface area contributed by atoms with Gasteiger partial charge in [0.05, 0.1) is 30.1 Å². The van der Waals surface area contributed by atoms with Gasteiger partial charge in [-0.3, -0.25) is 4.79 Å². The molecule has 1 amide bonds. The van der Waals surface area contributed by atoms with Gasteiger partial charge in [-0.1, -0.05) is 41.7 Å². The van der Waals surface area contributed by atoms with Crippen LogP contribution in [0.25, 0.3) is 16.3 Å². The first-order valence-electron chi connectivity index (χ1n) is 10.4. The molecule has 0 unspecified atom stereocenters. The zero-order valence-corrected chi connectivity index (χ0v) is 19.2. The van der Waals surface area contributed by atoms with E-state index in [4.69, 9.17) is 9.47 Å². The highest BCUT2D eigenvalue weighted by molar-refractivity contribution is 7.22. The van der Waals surface area contributed by atoms with Crippen LogP contribution in [0.15, 0.2) is 84.0 Å². The van der Waals surface area contributed by atoms with Gasteiger partial charge < -0.3 is 9.47 Å². The van der Waals surface area contributed by atoms with E-state index in [0.29, 0.717) is 11.7 Å². The Labute approximate surface area is 196 Å². The highest BCUT2D eigenvalue weighted by Crippen LogP contribution is 2.32. The minimum absolute atomic E-state index is 0.299. The third-order valence-corrected chi connectivity index (χ3v) is 5.70. The van der Waals surface area contributed by atoms with Crippen molar-refractivity contribution >= 4 is 44.9 Å². The first-order valence-corrected chi connectivity index (χ1v) is 11.3. The fourth-order valence-electron chi connectivity index (χ4n) is 3.05. The molecule has 0 bridgehead atoms. The van der Waals surface area contributed by atoms with Gasteiger partial charge in [-0.15, -0.1) is 0 Å². The lowest BCUT2D eigenvalue weighted by Gasteiger charge is -2.11. The number of amides is 1. The summed E-state index contributed by atoms with van der Waals surface area (Å²) >= 11 is 1.38. The maximum atomic E-state index is 13.1. The molecule has 0 atom stereocenters. The molecule has 1 heterocycles. The van der Waals surface area contributed by atoms with E-state index >= 15 is 0 Å². The van der Waals surface area contributed by atoms with Gasteiger partial charge in [-0.2, -0.15) is 10.1 Å². The lowest BCUT2D eigenvalue weighted by molar-refractivity contribution is -0.114. The van der Waals surface area contributed by atoms with Crippen molar-refractivity contribution < 1.29 is 14.3 Å². The largest absolute Gasteiger partial charge is 0.497 e. The Morgan fingerprint density at radius 3 is 2.52 bits per heavy atom. The normalized spacial score (nSPS) is 11.3. The highest BCUT2D eigenvalue weighted by Gasteiger charge is 2.17. The second-order valence-corrected chi connectivity index (χ2v) is 7.98. The van der Waals surface area contributed by atoms with Crippen molar-refractivity contribution in [2.75, 3.05) is 18.7 Å². The molecule has 4 rings (SSSR count). The molecule has 0 aliphatic heterocycles. The maximum Gasteiger partial charge on any atom is 0.273 e. The predicted molar refractivity (Wildman–Crippen MR) is 134 cm³/mol. The maximum absolute atomic E-state index is 13.1. The number of fused-ring (bicyclic) bond motifs is 1. The fourth-order valence-corrected chi connectivity index (χ4v) is 4.01. The van der Waals surface area contributed by atoms with Crippen molar-refractivity contribution in [1.29, 1.82) is 0 Å². The van der Waals surface area contributed by atoms with Crippen LogP contribution in [0.3, 0.4) is 0 Å². The minimum atomic E-state index is -0.299. The number of thiazole rings is 1. The summed E-state index contributed by atoms with van der Waals surface area (Å²) in [6, 6.07) is 22.8.